The summed E-state index contributed by atoms with van der Waals surface area (Å²) in [7, 11) is 1.72. The first-order chi connectivity index (χ1) is 6.92. The monoisotopic (exact) mass is 192 g/mol. The number of nitrogens with one attached hydrogen (secondary N) is 1. The Morgan fingerprint density at radius 1 is 1.57 bits per heavy atom. The maximum Gasteiger partial charge on any atom is 0.125 e. The molecule has 1 saturated heterocycles. The van der Waals surface area contributed by atoms with Gasteiger partial charge in [0.05, 0.1) is 7.11 Å². The fraction of sp³-hybridized carbons (Fsp3) is 0.545. The highest BCUT2D eigenvalue weighted by Crippen LogP contribution is 2.29. The molecule has 0 aliphatic carbocycles. The lowest BCUT2D eigenvalue weighted by molar-refractivity contribution is 0.391. The van der Waals surface area contributed by atoms with E-state index in [1.54, 1.807) is 13.3 Å². The van der Waals surface area contributed by atoms with E-state index < -0.39 is 0 Å². The van der Waals surface area contributed by atoms with Gasteiger partial charge >= 0.3 is 0 Å². The van der Waals surface area contributed by atoms with E-state index in [4.69, 9.17) is 4.74 Å². The van der Waals surface area contributed by atoms with Gasteiger partial charge in [-0.15, -0.1) is 0 Å². The first-order valence-electron chi connectivity index (χ1n) is 5.10. The summed E-state index contributed by atoms with van der Waals surface area (Å²) in [6.07, 6.45) is 6.17. The molecule has 2 heterocycles. The van der Waals surface area contributed by atoms with Crippen molar-refractivity contribution in [2.45, 2.75) is 18.8 Å². The minimum atomic E-state index is 0.562. The van der Waals surface area contributed by atoms with Gasteiger partial charge in [0.15, 0.2) is 0 Å². The molecule has 1 N–H and O–H groups in total. The molecule has 1 aliphatic rings. The summed E-state index contributed by atoms with van der Waals surface area (Å²) >= 11 is 0. The Morgan fingerprint density at radius 3 is 3.21 bits per heavy atom. The van der Waals surface area contributed by atoms with Crippen molar-refractivity contribution in [3.63, 3.8) is 0 Å². The Kier molecular flexibility index (Phi) is 2.99. The Bertz CT molecular complexity index is 295. The second-order valence-corrected chi connectivity index (χ2v) is 3.66. The normalized spacial score (nSPS) is 21.9. The molecule has 2 rings (SSSR count). The number of rotatable bonds is 2. The molecule has 0 aromatic carbocycles. The van der Waals surface area contributed by atoms with E-state index in [9.17, 15) is 0 Å². The van der Waals surface area contributed by atoms with Crippen LogP contribution in [0.4, 0.5) is 0 Å². The Balaban J connectivity index is 2.20. The van der Waals surface area contributed by atoms with E-state index in [2.05, 4.69) is 10.3 Å². The predicted octanol–water partition coefficient (Wildman–Crippen LogP) is 1.56. The van der Waals surface area contributed by atoms with Gasteiger partial charge in [-0.25, -0.2) is 0 Å². The van der Waals surface area contributed by atoms with E-state index in [-0.39, 0.29) is 0 Å². The van der Waals surface area contributed by atoms with Crippen LogP contribution in [0.15, 0.2) is 18.5 Å². The molecule has 0 amide bonds. The van der Waals surface area contributed by atoms with Crippen LogP contribution in [0.5, 0.6) is 5.75 Å². The zero-order chi connectivity index (χ0) is 9.80. The summed E-state index contributed by atoms with van der Waals surface area (Å²) < 4.78 is 5.33. The van der Waals surface area contributed by atoms with Gasteiger partial charge in [0.2, 0.25) is 0 Å². The van der Waals surface area contributed by atoms with Crippen LogP contribution in [0.3, 0.4) is 0 Å². The number of nitrogens with zero attached hydrogens (tertiary/aromatic N) is 1. The number of pyridine rings is 1. The van der Waals surface area contributed by atoms with Crippen LogP contribution in [0.25, 0.3) is 0 Å². The first kappa shape index (κ1) is 9.46. The van der Waals surface area contributed by atoms with Crippen LogP contribution in [0.2, 0.25) is 0 Å². The van der Waals surface area contributed by atoms with Gasteiger partial charge in [0.1, 0.15) is 5.75 Å². The summed E-state index contributed by atoms with van der Waals surface area (Å²) in [6, 6.07) is 1.93. The summed E-state index contributed by atoms with van der Waals surface area (Å²) in [5.41, 5.74) is 1.24. The van der Waals surface area contributed by atoms with E-state index in [0.29, 0.717) is 5.92 Å². The molecule has 3 heteroatoms. The van der Waals surface area contributed by atoms with Gasteiger partial charge in [0.25, 0.3) is 0 Å². The molecule has 1 atom stereocenters. The minimum Gasteiger partial charge on any atom is -0.496 e. The number of hydrogen-bond donors (Lipinski definition) is 1. The molecule has 0 saturated carbocycles. The number of hydrogen-bond acceptors (Lipinski definition) is 3. The highest BCUT2D eigenvalue weighted by molar-refractivity contribution is 5.33. The van der Waals surface area contributed by atoms with Crippen molar-refractivity contribution >= 4 is 0 Å². The second kappa shape index (κ2) is 4.42. The van der Waals surface area contributed by atoms with Crippen LogP contribution >= 0.6 is 0 Å². The predicted molar refractivity (Wildman–Crippen MR) is 55.6 cm³/mol. The third-order valence-electron chi connectivity index (χ3n) is 2.77. The number of ether oxygens (including phenoxy) is 1. The van der Waals surface area contributed by atoms with Gasteiger partial charge in [-0.2, -0.15) is 0 Å². The van der Waals surface area contributed by atoms with Crippen LogP contribution < -0.4 is 10.1 Å². The molecule has 0 radical (unpaired) electrons. The molecule has 1 aromatic rings. The second-order valence-electron chi connectivity index (χ2n) is 3.66. The maximum absolute atomic E-state index is 5.33. The van der Waals surface area contributed by atoms with E-state index in [0.717, 1.165) is 18.8 Å². The summed E-state index contributed by atoms with van der Waals surface area (Å²) in [5, 5.41) is 3.40. The Labute approximate surface area is 84.5 Å². The van der Waals surface area contributed by atoms with E-state index in [1.165, 1.54) is 18.4 Å². The average molecular weight is 192 g/mol. The lowest BCUT2D eigenvalue weighted by Gasteiger charge is -2.24. The average Bonchev–Trinajstić information content (AvgIpc) is 2.30. The quantitative estimate of drug-likeness (QED) is 0.772. The van der Waals surface area contributed by atoms with Gasteiger partial charge in [-0.3, -0.25) is 4.98 Å². The number of piperidine rings is 1. The molecule has 1 aromatic heterocycles. The smallest absolute Gasteiger partial charge is 0.125 e. The van der Waals surface area contributed by atoms with Crippen molar-refractivity contribution in [2.24, 2.45) is 0 Å². The van der Waals surface area contributed by atoms with Crippen molar-refractivity contribution in [1.82, 2.24) is 10.3 Å². The standard InChI is InChI=1S/C11H16N2O/c1-14-11-4-6-13-8-10(11)9-3-2-5-12-7-9/h4,6,8-9,12H,2-3,5,7H2,1H3. The summed E-state index contributed by atoms with van der Waals surface area (Å²) in [6.45, 7) is 2.18. The topological polar surface area (TPSA) is 34.1 Å². The van der Waals surface area contributed by atoms with Gasteiger partial charge in [-0.05, 0) is 25.5 Å². The third-order valence-corrected chi connectivity index (χ3v) is 2.77. The van der Waals surface area contributed by atoms with Gasteiger partial charge in [-0.1, -0.05) is 0 Å². The molecule has 1 unspecified atom stereocenters. The van der Waals surface area contributed by atoms with Crippen molar-refractivity contribution in [2.75, 3.05) is 20.2 Å². The molecule has 3 nitrogen and oxygen atoms in total. The van der Waals surface area contributed by atoms with E-state index in [1.807, 2.05) is 12.3 Å². The Morgan fingerprint density at radius 2 is 2.50 bits per heavy atom. The highest BCUT2D eigenvalue weighted by atomic mass is 16.5. The molecular formula is C11H16N2O. The fourth-order valence-electron chi connectivity index (χ4n) is 2.00. The fourth-order valence-corrected chi connectivity index (χ4v) is 2.00. The number of methoxy groups -OCH3 is 1. The molecule has 0 bridgehead atoms. The van der Waals surface area contributed by atoms with Crippen LogP contribution in [-0.4, -0.2) is 25.2 Å². The van der Waals surface area contributed by atoms with Crippen LogP contribution in [-0.2, 0) is 0 Å². The zero-order valence-electron chi connectivity index (χ0n) is 8.49. The largest absolute Gasteiger partial charge is 0.496 e. The molecular weight excluding hydrogens is 176 g/mol. The van der Waals surface area contributed by atoms with Gasteiger partial charge < -0.3 is 10.1 Å². The molecule has 76 valence electrons. The van der Waals surface area contributed by atoms with Crippen molar-refractivity contribution < 1.29 is 4.74 Å². The van der Waals surface area contributed by atoms with Crippen LogP contribution in [0, 0.1) is 0 Å². The SMILES string of the molecule is COc1ccncc1C1CCCNC1. The third kappa shape index (κ3) is 1.87. The maximum atomic E-state index is 5.33. The van der Waals surface area contributed by atoms with Crippen LogP contribution in [0.1, 0.15) is 24.3 Å². The minimum absolute atomic E-state index is 0.562. The summed E-state index contributed by atoms with van der Waals surface area (Å²) in [4.78, 5) is 4.16. The van der Waals surface area contributed by atoms with Crippen molar-refractivity contribution in [3.8, 4) is 5.75 Å². The highest BCUT2D eigenvalue weighted by Gasteiger charge is 2.18. The van der Waals surface area contributed by atoms with E-state index >= 15 is 0 Å². The zero-order valence-corrected chi connectivity index (χ0v) is 8.49. The molecule has 1 aliphatic heterocycles. The number of aromatic nitrogens is 1. The van der Waals surface area contributed by atoms with Crippen molar-refractivity contribution in [3.05, 3.63) is 24.0 Å². The molecule has 0 spiro atoms. The van der Waals surface area contributed by atoms with Gasteiger partial charge in [0, 0.05) is 30.4 Å². The molecule has 1 fully saturated rings. The first-order valence-corrected chi connectivity index (χ1v) is 5.10. The lowest BCUT2D eigenvalue weighted by Crippen LogP contribution is -2.28. The summed E-state index contributed by atoms with van der Waals surface area (Å²) in [5.74, 6) is 1.53. The lowest BCUT2D eigenvalue weighted by atomic mass is 9.92. The Hall–Kier alpha value is -1.09. The molecule has 14 heavy (non-hydrogen) atoms. The van der Waals surface area contributed by atoms with Crippen molar-refractivity contribution in [1.29, 1.82) is 0 Å².